The molecule has 0 spiro atoms. The topological polar surface area (TPSA) is 81.2 Å². The van der Waals surface area contributed by atoms with Gasteiger partial charge in [0.1, 0.15) is 11.9 Å². The molecular weight excluding hydrogens is 538 g/mol. The van der Waals surface area contributed by atoms with E-state index in [0.717, 1.165) is 87.4 Å². The second kappa shape index (κ2) is 10.7. The van der Waals surface area contributed by atoms with Crippen LogP contribution in [0.2, 0.25) is 0 Å². The number of hydrogen-bond donors (Lipinski definition) is 2. The molecule has 4 saturated carbocycles. The lowest BCUT2D eigenvalue weighted by Crippen LogP contribution is -2.63. The maximum Gasteiger partial charge on any atom is 0.322 e. The number of piperidine rings is 1. The van der Waals surface area contributed by atoms with E-state index >= 15 is 0 Å². The highest BCUT2D eigenvalue weighted by Crippen LogP contribution is 2.55. The Hall–Kier alpha value is -3.78. The van der Waals surface area contributed by atoms with Crippen LogP contribution in [0.1, 0.15) is 44.9 Å². The summed E-state index contributed by atoms with van der Waals surface area (Å²) in [5, 5.41) is 14.4. The number of ether oxygens (including phenoxy) is 1. The number of rotatable bonds is 5. The molecule has 4 bridgehead atoms. The molecule has 5 fully saturated rings. The fourth-order valence-corrected chi connectivity index (χ4v) is 8.96. The number of nitrogens with one attached hydrogen (secondary N) is 1. The van der Waals surface area contributed by atoms with Gasteiger partial charge in [0.25, 0.3) is 0 Å². The fourth-order valence-electron chi connectivity index (χ4n) is 8.96. The summed E-state index contributed by atoms with van der Waals surface area (Å²) in [7, 11) is 0. The molecule has 3 aromatic rings. The average molecular weight is 580 g/mol. The van der Waals surface area contributed by atoms with Crippen molar-refractivity contribution in [1.29, 1.82) is 0 Å². The summed E-state index contributed by atoms with van der Waals surface area (Å²) in [5.74, 6) is 2.32. The van der Waals surface area contributed by atoms with E-state index in [1.165, 1.54) is 5.69 Å². The number of carbonyl (C=O) groups excluding carboxylic acids is 1. The number of hydrogen-bond acceptors (Lipinski definition) is 6. The SMILES string of the molecule is O=C(NC1[C@@H]2CC3C[C@H]1CC(O)(C3)C2)N1CCN(c2ccc(N3CCC(Oc4ccncc4)CC3)cc2)c2ccccc21. The molecule has 2 aliphatic heterocycles. The van der Waals surface area contributed by atoms with Crippen molar-refractivity contribution in [3.05, 3.63) is 73.1 Å². The standard InChI is InChI=1S/C35H41N5O3/c41-34(37-33-25-19-24-20-26(33)23-35(42,21-24)22-25)40-18-17-39(31-3-1-2-4-32(31)40)28-7-5-27(6-8-28)38-15-11-30(12-16-38)43-29-9-13-36-14-10-29/h1-10,13-14,24-26,30,33,42H,11-12,15-23H2,(H,37,41)/t24?,25-,26+,33?,35?. The van der Waals surface area contributed by atoms with Crippen molar-refractivity contribution >= 4 is 28.8 Å². The maximum atomic E-state index is 13.7. The van der Waals surface area contributed by atoms with E-state index in [-0.39, 0.29) is 18.2 Å². The zero-order valence-corrected chi connectivity index (χ0v) is 24.6. The molecule has 8 nitrogen and oxygen atoms in total. The zero-order chi connectivity index (χ0) is 29.0. The van der Waals surface area contributed by atoms with Crippen LogP contribution in [0.25, 0.3) is 0 Å². The molecule has 0 radical (unpaired) electrons. The van der Waals surface area contributed by atoms with E-state index in [1.807, 2.05) is 23.1 Å². The number of amides is 2. The van der Waals surface area contributed by atoms with Crippen molar-refractivity contribution in [3.8, 4) is 5.75 Å². The van der Waals surface area contributed by atoms with Gasteiger partial charge in [-0.2, -0.15) is 0 Å². The Labute approximate surface area is 253 Å². The van der Waals surface area contributed by atoms with E-state index in [9.17, 15) is 9.90 Å². The summed E-state index contributed by atoms with van der Waals surface area (Å²) in [4.78, 5) is 24.5. The molecule has 1 saturated heterocycles. The molecule has 8 heteroatoms. The van der Waals surface area contributed by atoms with Crippen LogP contribution in [-0.4, -0.2) is 60.0 Å². The smallest absolute Gasteiger partial charge is 0.322 e. The zero-order valence-electron chi connectivity index (χ0n) is 24.6. The van der Waals surface area contributed by atoms with Crippen LogP contribution in [0.4, 0.5) is 27.5 Å². The van der Waals surface area contributed by atoms with Gasteiger partial charge in [-0.3, -0.25) is 9.88 Å². The van der Waals surface area contributed by atoms with E-state index in [0.29, 0.717) is 24.3 Å². The van der Waals surface area contributed by atoms with Crippen LogP contribution in [0.3, 0.4) is 0 Å². The summed E-state index contributed by atoms with van der Waals surface area (Å²) < 4.78 is 6.15. The highest BCUT2D eigenvalue weighted by molar-refractivity contribution is 5.98. The fraction of sp³-hybridized carbons (Fsp3) is 0.486. The van der Waals surface area contributed by atoms with Crippen molar-refractivity contribution in [1.82, 2.24) is 10.3 Å². The Morgan fingerprint density at radius 1 is 0.837 bits per heavy atom. The second-order valence-corrected chi connectivity index (χ2v) is 13.5. The van der Waals surface area contributed by atoms with E-state index in [1.54, 1.807) is 12.4 Å². The first-order valence-corrected chi connectivity index (χ1v) is 16.1. The van der Waals surface area contributed by atoms with Crippen LogP contribution in [0.5, 0.6) is 5.75 Å². The molecule has 3 heterocycles. The van der Waals surface area contributed by atoms with Crippen molar-refractivity contribution < 1.29 is 14.6 Å². The number of fused-ring (bicyclic) bond motifs is 1. The van der Waals surface area contributed by atoms with Gasteiger partial charge in [-0.25, -0.2) is 4.79 Å². The molecule has 224 valence electrons. The Balaban J connectivity index is 0.926. The number of aromatic nitrogens is 1. The summed E-state index contributed by atoms with van der Waals surface area (Å²) >= 11 is 0. The average Bonchev–Trinajstić information content (AvgIpc) is 3.02. The van der Waals surface area contributed by atoms with Gasteiger partial charge in [0.15, 0.2) is 0 Å². The van der Waals surface area contributed by atoms with Crippen LogP contribution >= 0.6 is 0 Å². The second-order valence-electron chi connectivity index (χ2n) is 13.5. The first kappa shape index (κ1) is 26.8. The number of nitrogens with zero attached hydrogens (tertiary/aromatic N) is 4. The van der Waals surface area contributed by atoms with Gasteiger partial charge in [0, 0.05) is 68.8 Å². The molecular formula is C35H41N5O3. The first-order valence-electron chi connectivity index (χ1n) is 16.1. The third-order valence-electron chi connectivity index (χ3n) is 10.7. The quantitative estimate of drug-likeness (QED) is 0.402. The van der Waals surface area contributed by atoms with Gasteiger partial charge in [0.2, 0.25) is 0 Å². The molecule has 9 rings (SSSR count). The molecule has 3 unspecified atom stereocenters. The van der Waals surface area contributed by atoms with E-state index in [4.69, 9.17) is 4.74 Å². The lowest BCUT2D eigenvalue weighted by Gasteiger charge is -2.58. The number of aliphatic hydroxyl groups is 1. The van der Waals surface area contributed by atoms with Crippen LogP contribution in [0.15, 0.2) is 73.1 Å². The normalized spacial score (nSPS) is 29.8. The number of pyridine rings is 1. The third-order valence-corrected chi connectivity index (χ3v) is 10.7. The van der Waals surface area contributed by atoms with Crippen LogP contribution < -0.4 is 24.8 Å². The van der Waals surface area contributed by atoms with Crippen LogP contribution in [0, 0.1) is 17.8 Å². The minimum Gasteiger partial charge on any atom is -0.490 e. The molecule has 5 atom stereocenters. The summed E-state index contributed by atoms with van der Waals surface area (Å²) in [6.45, 7) is 3.30. The molecule has 43 heavy (non-hydrogen) atoms. The molecule has 2 aromatic carbocycles. The monoisotopic (exact) mass is 579 g/mol. The van der Waals surface area contributed by atoms with Gasteiger partial charge < -0.3 is 25.0 Å². The number of para-hydroxylation sites is 2. The highest BCUT2D eigenvalue weighted by Gasteiger charge is 2.55. The molecule has 2 amide bonds. The minimum atomic E-state index is -0.489. The van der Waals surface area contributed by atoms with Gasteiger partial charge in [-0.15, -0.1) is 0 Å². The lowest BCUT2D eigenvalue weighted by molar-refractivity contribution is -0.136. The Morgan fingerprint density at radius 2 is 1.51 bits per heavy atom. The van der Waals surface area contributed by atoms with Gasteiger partial charge in [-0.1, -0.05) is 12.1 Å². The lowest BCUT2D eigenvalue weighted by atomic mass is 9.52. The number of benzene rings is 2. The van der Waals surface area contributed by atoms with Crippen molar-refractivity contribution in [2.45, 2.75) is 62.7 Å². The summed E-state index contributed by atoms with van der Waals surface area (Å²) in [6, 6.07) is 21.1. The van der Waals surface area contributed by atoms with Crippen molar-refractivity contribution in [3.63, 3.8) is 0 Å². The van der Waals surface area contributed by atoms with E-state index < -0.39 is 5.60 Å². The van der Waals surface area contributed by atoms with Gasteiger partial charge in [0.05, 0.1) is 17.0 Å². The predicted octanol–water partition coefficient (Wildman–Crippen LogP) is 5.74. The molecule has 6 aliphatic rings. The van der Waals surface area contributed by atoms with Crippen LogP contribution in [-0.2, 0) is 0 Å². The summed E-state index contributed by atoms with van der Waals surface area (Å²) in [6.07, 6.45) is 10.7. The third kappa shape index (κ3) is 5.09. The Bertz CT molecular complexity index is 1440. The van der Waals surface area contributed by atoms with Gasteiger partial charge >= 0.3 is 6.03 Å². The molecule has 4 aliphatic carbocycles. The number of anilines is 4. The number of carbonyl (C=O) groups is 1. The molecule has 2 N–H and O–H groups in total. The van der Waals surface area contributed by atoms with Crippen molar-refractivity contribution in [2.24, 2.45) is 17.8 Å². The van der Waals surface area contributed by atoms with E-state index in [2.05, 4.69) is 62.6 Å². The number of urea groups is 1. The maximum absolute atomic E-state index is 13.7. The predicted molar refractivity (Wildman–Crippen MR) is 168 cm³/mol. The van der Waals surface area contributed by atoms with Crippen molar-refractivity contribution in [2.75, 3.05) is 40.9 Å². The Morgan fingerprint density at radius 3 is 2.21 bits per heavy atom. The Kier molecular flexibility index (Phi) is 6.70. The van der Waals surface area contributed by atoms with Gasteiger partial charge in [-0.05, 0) is 98.4 Å². The largest absolute Gasteiger partial charge is 0.490 e. The molecule has 1 aromatic heterocycles. The first-order chi connectivity index (χ1) is 21.0. The summed E-state index contributed by atoms with van der Waals surface area (Å²) in [5.41, 5.74) is 3.90. The minimum absolute atomic E-state index is 0.00299. The highest BCUT2D eigenvalue weighted by atomic mass is 16.5.